The van der Waals surface area contributed by atoms with E-state index < -0.39 is 0 Å². The summed E-state index contributed by atoms with van der Waals surface area (Å²) in [5.74, 6) is -0.0519. The second kappa shape index (κ2) is 5.01. The molecule has 0 spiro atoms. The summed E-state index contributed by atoms with van der Waals surface area (Å²) in [5, 5.41) is 7.01. The van der Waals surface area contributed by atoms with E-state index in [0.29, 0.717) is 11.4 Å². The van der Waals surface area contributed by atoms with Crippen LogP contribution >= 0.6 is 27.3 Å². The number of hydrogen-bond donors (Lipinski definition) is 1. The van der Waals surface area contributed by atoms with Gasteiger partial charge in [-0.1, -0.05) is 0 Å². The molecule has 0 aliphatic rings. The van der Waals surface area contributed by atoms with Crippen molar-refractivity contribution in [3.8, 4) is 0 Å². The number of aromatic nitrogens is 2. The zero-order valence-electron chi connectivity index (χ0n) is 9.53. The maximum Gasteiger partial charge on any atom is 0.261 e. The molecular formula is C11H12BrN3OS. The Morgan fingerprint density at radius 3 is 2.88 bits per heavy atom. The van der Waals surface area contributed by atoms with Crippen LogP contribution in [-0.4, -0.2) is 15.7 Å². The maximum atomic E-state index is 11.8. The molecule has 1 N–H and O–H groups in total. The van der Waals surface area contributed by atoms with E-state index in [1.807, 2.05) is 20.0 Å². The van der Waals surface area contributed by atoms with Gasteiger partial charge in [-0.2, -0.15) is 5.10 Å². The van der Waals surface area contributed by atoms with Crippen molar-refractivity contribution < 1.29 is 4.79 Å². The van der Waals surface area contributed by atoms with Gasteiger partial charge in [-0.25, -0.2) is 0 Å². The average molecular weight is 314 g/mol. The molecule has 2 aromatic heterocycles. The number of carbonyl (C=O) groups is 1. The maximum absolute atomic E-state index is 11.8. The molecule has 0 aliphatic heterocycles. The zero-order chi connectivity index (χ0) is 12.4. The summed E-state index contributed by atoms with van der Waals surface area (Å²) in [6, 6.07) is 3.68. The van der Waals surface area contributed by atoms with Crippen molar-refractivity contribution in [2.45, 2.75) is 13.5 Å². The van der Waals surface area contributed by atoms with E-state index in [1.54, 1.807) is 16.9 Å². The highest BCUT2D eigenvalue weighted by molar-refractivity contribution is 9.11. The first-order chi connectivity index (χ1) is 8.08. The van der Waals surface area contributed by atoms with Crippen molar-refractivity contribution >= 4 is 33.2 Å². The largest absolute Gasteiger partial charge is 0.347 e. The lowest BCUT2D eigenvalue weighted by molar-refractivity contribution is 0.0955. The van der Waals surface area contributed by atoms with Crippen LogP contribution in [0.3, 0.4) is 0 Å². The average Bonchev–Trinajstić information content (AvgIpc) is 2.86. The Hall–Kier alpha value is -1.14. The van der Waals surface area contributed by atoms with Gasteiger partial charge in [-0.3, -0.25) is 9.48 Å². The van der Waals surface area contributed by atoms with Gasteiger partial charge in [0, 0.05) is 24.8 Å². The third kappa shape index (κ3) is 2.76. The minimum absolute atomic E-state index is 0.0519. The fourth-order valence-electron chi connectivity index (χ4n) is 1.42. The van der Waals surface area contributed by atoms with Crippen LogP contribution in [0.1, 0.15) is 20.9 Å². The molecule has 2 heterocycles. The highest BCUT2D eigenvalue weighted by Crippen LogP contribution is 2.21. The Labute approximate surface area is 112 Å². The van der Waals surface area contributed by atoms with Crippen LogP contribution in [-0.2, 0) is 13.6 Å². The first kappa shape index (κ1) is 12.3. The fraction of sp³-hybridized carbons (Fsp3) is 0.273. The normalized spacial score (nSPS) is 10.5. The second-order valence-corrected chi connectivity index (χ2v) is 6.13. The van der Waals surface area contributed by atoms with Crippen molar-refractivity contribution in [3.05, 3.63) is 38.3 Å². The van der Waals surface area contributed by atoms with Gasteiger partial charge in [0.1, 0.15) is 0 Å². The SMILES string of the molecule is Cc1c(CNC(=O)c2ccc(Br)s2)cnn1C. The lowest BCUT2D eigenvalue weighted by atomic mass is 10.2. The van der Waals surface area contributed by atoms with Crippen molar-refractivity contribution in [3.63, 3.8) is 0 Å². The Kier molecular flexibility index (Phi) is 3.63. The minimum Gasteiger partial charge on any atom is -0.347 e. The summed E-state index contributed by atoms with van der Waals surface area (Å²) in [6.45, 7) is 2.49. The molecule has 1 amide bonds. The van der Waals surface area contributed by atoms with Crippen LogP contribution in [0.4, 0.5) is 0 Å². The standard InChI is InChI=1S/C11H12BrN3OS/c1-7-8(6-14-15(7)2)5-13-11(16)9-3-4-10(12)17-9/h3-4,6H,5H2,1-2H3,(H,13,16). The van der Waals surface area contributed by atoms with Crippen molar-refractivity contribution in [1.82, 2.24) is 15.1 Å². The summed E-state index contributed by atoms with van der Waals surface area (Å²) in [7, 11) is 1.89. The van der Waals surface area contributed by atoms with Crippen LogP contribution < -0.4 is 5.32 Å². The molecule has 0 bridgehead atoms. The van der Waals surface area contributed by atoms with Crippen molar-refractivity contribution in [1.29, 1.82) is 0 Å². The molecule has 2 rings (SSSR count). The van der Waals surface area contributed by atoms with Gasteiger partial charge in [-0.05, 0) is 35.0 Å². The van der Waals surface area contributed by atoms with Crippen LogP contribution in [0.25, 0.3) is 0 Å². The molecule has 0 unspecified atom stereocenters. The van der Waals surface area contributed by atoms with E-state index in [9.17, 15) is 4.79 Å². The zero-order valence-corrected chi connectivity index (χ0v) is 11.9. The smallest absolute Gasteiger partial charge is 0.261 e. The molecule has 0 atom stereocenters. The van der Waals surface area contributed by atoms with Crippen LogP contribution in [0, 0.1) is 6.92 Å². The molecule has 0 aliphatic carbocycles. The van der Waals surface area contributed by atoms with Crippen LogP contribution in [0.5, 0.6) is 0 Å². The van der Waals surface area contributed by atoms with E-state index in [-0.39, 0.29) is 5.91 Å². The fourth-order valence-corrected chi connectivity index (χ4v) is 2.72. The summed E-state index contributed by atoms with van der Waals surface area (Å²) in [6.07, 6.45) is 1.78. The number of aryl methyl sites for hydroxylation is 1. The molecule has 0 fully saturated rings. The first-order valence-corrected chi connectivity index (χ1v) is 6.70. The molecule has 17 heavy (non-hydrogen) atoms. The molecule has 2 aromatic rings. The van der Waals surface area contributed by atoms with Gasteiger partial charge in [0.25, 0.3) is 5.91 Å². The van der Waals surface area contributed by atoms with Gasteiger partial charge >= 0.3 is 0 Å². The van der Waals surface area contributed by atoms with Gasteiger partial charge in [-0.15, -0.1) is 11.3 Å². The van der Waals surface area contributed by atoms with Gasteiger partial charge in [0.2, 0.25) is 0 Å². The van der Waals surface area contributed by atoms with E-state index >= 15 is 0 Å². The van der Waals surface area contributed by atoms with E-state index in [1.165, 1.54) is 11.3 Å². The monoisotopic (exact) mass is 313 g/mol. The lowest BCUT2D eigenvalue weighted by Crippen LogP contribution is -2.22. The predicted molar refractivity (Wildman–Crippen MR) is 71.1 cm³/mol. The highest BCUT2D eigenvalue weighted by atomic mass is 79.9. The third-order valence-corrected chi connectivity index (χ3v) is 4.20. The number of carbonyl (C=O) groups excluding carboxylic acids is 1. The number of nitrogens with zero attached hydrogens (tertiary/aromatic N) is 2. The first-order valence-electron chi connectivity index (χ1n) is 5.09. The van der Waals surface area contributed by atoms with E-state index in [4.69, 9.17) is 0 Å². The third-order valence-electron chi connectivity index (χ3n) is 2.57. The van der Waals surface area contributed by atoms with E-state index in [0.717, 1.165) is 15.0 Å². The molecule has 0 saturated heterocycles. The summed E-state index contributed by atoms with van der Waals surface area (Å²) in [4.78, 5) is 12.5. The van der Waals surface area contributed by atoms with Gasteiger partial charge in [0.15, 0.2) is 0 Å². The summed E-state index contributed by atoms with van der Waals surface area (Å²) in [5.41, 5.74) is 2.11. The molecule has 0 saturated carbocycles. The van der Waals surface area contributed by atoms with Crippen LogP contribution in [0.15, 0.2) is 22.1 Å². The summed E-state index contributed by atoms with van der Waals surface area (Å²) < 4.78 is 2.75. The second-order valence-electron chi connectivity index (χ2n) is 3.67. The molecule has 0 aromatic carbocycles. The molecular weight excluding hydrogens is 302 g/mol. The Morgan fingerprint density at radius 2 is 2.35 bits per heavy atom. The van der Waals surface area contributed by atoms with Gasteiger partial charge < -0.3 is 5.32 Å². The number of nitrogens with one attached hydrogen (secondary N) is 1. The number of amides is 1. The molecule has 90 valence electrons. The number of thiophene rings is 1. The number of rotatable bonds is 3. The predicted octanol–water partition coefficient (Wildman–Crippen LogP) is 2.48. The van der Waals surface area contributed by atoms with Gasteiger partial charge in [0.05, 0.1) is 14.9 Å². The van der Waals surface area contributed by atoms with Crippen LogP contribution in [0.2, 0.25) is 0 Å². The Bertz CT molecular complexity index is 547. The lowest BCUT2D eigenvalue weighted by Gasteiger charge is -2.03. The molecule has 4 nitrogen and oxygen atoms in total. The quantitative estimate of drug-likeness (QED) is 0.946. The van der Waals surface area contributed by atoms with E-state index in [2.05, 4.69) is 26.3 Å². The highest BCUT2D eigenvalue weighted by Gasteiger charge is 2.09. The topological polar surface area (TPSA) is 46.9 Å². The van der Waals surface area contributed by atoms with Crippen molar-refractivity contribution in [2.75, 3.05) is 0 Å². The number of halogens is 1. The summed E-state index contributed by atoms with van der Waals surface area (Å²) >= 11 is 4.76. The number of hydrogen-bond acceptors (Lipinski definition) is 3. The minimum atomic E-state index is -0.0519. The Morgan fingerprint density at radius 1 is 1.59 bits per heavy atom. The van der Waals surface area contributed by atoms with Crippen molar-refractivity contribution in [2.24, 2.45) is 7.05 Å². The molecule has 0 radical (unpaired) electrons. The Balaban J connectivity index is 1.99. The molecule has 6 heteroatoms.